The van der Waals surface area contributed by atoms with E-state index in [9.17, 15) is 4.79 Å². The van der Waals surface area contributed by atoms with Gasteiger partial charge < -0.3 is 19.8 Å². The van der Waals surface area contributed by atoms with Crippen molar-refractivity contribution in [3.05, 3.63) is 65.4 Å². The van der Waals surface area contributed by atoms with E-state index in [4.69, 9.17) is 9.47 Å². The Bertz CT molecular complexity index is 1060. The van der Waals surface area contributed by atoms with E-state index < -0.39 is 0 Å². The van der Waals surface area contributed by atoms with E-state index in [-0.39, 0.29) is 11.8 Å². The third-order valence-electron chi connectivity index (χ3n) is 6.57. The van der Waals surface area contributed by atoms with Crippen molar-refractivity contribution in [2.45, 2.75) is 32.1 Å². The number of hydrogen-bond donors (Lipinski definition) is 2. The van der Waals surface area contributed by atoms with Crippen molar-refractivity contribution in [2.24, 2.45) is 0 Å². The van der Waals surface area contributed by atoms with E-state index in [2.05, 4.69) is 52.6 Å². The Hall–Kier alpha value is -2.83. The Balaban J connectivity index is 1.51. The van der Waals surface area contributed by atoms with Crippen LogP contribution in [0.5, 0.6) is 5.75 Å². The number of fused-ring (bicyclic) bond motifs is 1. The van der Waals surface area contributed by atoms with Gasteiger partial charge in [0.15, 0.2) is 0 Å². The number of hydrogen-bond acceptors (Lipinski definition) is 4. The van der Waals surface area contributed by atoms with Gasteiger partial charge in [-0.2, -0.15) is 0 Å². The Morgan fingerprint density at radius 1 is 1.15 bits per heavy atom. The molecule has 0 saturated carbocycles. The largest absolute Gasteiger partial charge is 0.496 e. The number of carbonyl (C=O) groups is 1. The number of aromatic amines is 1. The number of amides is 1. The van der Waals surface area contributed by atoms with Gasteiger partial charge in [-0.3, -0.25) is 9.69 Å². The zero-order valence-electron chi connectivity index (χ0n) is 19.7. The number of rotatable bonds is 10. The second-order valence-electron chi connectivity index (χ2n) is 8.59. The molecule has 2 heterocycles. The van der Waals surface area contributed by atoms with E-state index >= 15 is 0 Å². The van der Waals surface area contributed by atoms with Crippen LogP contribution in [0.15, 0.2) is 48.7 Å². The molecule has 0 radical (unpaired) electrons. The highest BCUT2D eigenvalue weighted by Crippen LogP contribution is 2.38. The molecule has 1 saturated heterocycles. The number of aromatic nitrogens is 1. The maximum atomic E-state index is 13.0. The predicted molar refractivity (Wildman–Crippen MR) is 132 cm³/mol. The lowest BCUT2D eigenvalue weighted by Crippen LogP contribution is -2.38. The van der Waals surface area contributed by atoms with Crippen molar-refractivity contribution < 1.29 is 14.3 Å². The summed E-state index contributed by atoms with van der Waals surface area (Å²) < 4.78 is 11.1. The smallest absolute Gasteiger partial charge is 0.220 e. The molecule has 4 rings (SSSR count). The fraction of sp³-hybridized carbons (Fsp3) is 0.444. The second kappa shape index (κ2) is 11.3. The standard InChI is InChI=1S/C27H35N3O3/c1-3-20-8-6-10-22-24(19-29-27(20)22)23(21-9-4-5-11-25(21)32-2)18-26(31)28-12-7-13-30-14-16-33-17-15-30/h4-6,8-11,19,23,29H,3,7,12-18H2,1-2H3,(H,28,31)/t23-/m0/s1. The molecule has 1 atom stereocenters. The minimum absolute atomic E-state index is 0.0638. The Kier molecular flexibility index (Phi) is 8.02. The lowest BCUT2D eigenvalue weighted by atomic mass is 9.87. The molecule has 0 bridgehead atoms. The second-order valence-corrected chi connectivity index (χ2v) is 8.59. The molecule has 176 valence electrons. The van der Waals surface area contributed by atoms with E-state index in [1.54, 1.807) is 7.11 Å². The normalized spacial score (nSPS) is 15.5. The molecule has 6 heteroatoms. The minimum atomic E-state index is -0.0961. The maximum Gasteiger partial charge on any atom is 0.220 e. The van der Waals surface area contributed by atoms with Crippen LogP contribution in [0.2, 0.25) is 0 Å². The van der Waals surface area contributed by atoms with Gasteiger partial charge in [-0.15, -0.1) is 0 Å². The number of ether oxygens (including phenoxy) is 2. The number of nitrogens with one attached hydrogen (secondary N) is 2. The molecule has 1 aliphatic heterocycles. The third kappa shape index (κ3) is 5.57. The fourth-order valence-corrected chi connectivity index (χ4v) is 4.78. The summed E-state index contributed by atoms with van der Waals surface area (Å²) in [6.07, 6.45) is 4.34. The van der Waals surface area contributed by atoms with Gasteiger partial charge in [-0.1, -0.05) is 43.3 Å². The first kappa shape index (κ1) is 23.3. The molecule has 1 aliphatic rings. The van der Waals surface area contributed by atoms with Gasteiger partial charge in [0.25, 0.3) is 0 Å². The summed E-state index contributed by atoms with van der Waals surface area (Å²) in [5.41, 5.74) is 4.60. The number of H-pyrrole nitrogens is 1. The first-order valence-electron chi connectivity index (χ1n) is 12.0. The van der Waals surface area contributed by atoms with Crippen LogP contribution >= 0.6 is 0 Å². The Morgan fingerprint density at radius 3 is 2.76 bits per heavy atom. The van der Waals surface area contributed by atoms with E-state index in [0.29, 0.717) is 13.0 Å². The molecule has 2 N–H and O–H groups in total. The molecule has 3 aromatic rings. The number of para-hydroxylation sites is 2. The molecule has 0 spiro atoms. The zero-order chi connectivity index (χ0) is 23.0. The van der Waals surface area contributed by atoms with Crippen molar-refractivity contribution in [2.75, 3.05) is 46.5 Å². The summed E-state index contributed by atoms with van der Waals surface area (Å²) in [6, 6.07) is 14.4. The topological polar surface area (TPSA) is 66.6 Å². The van der Waals surface area contributed by atoms with Gasteiger partial charge in [0, 0.05) is 54.6 Å². The monoisotopic (exact) mass is 449 g/mol. The summed E-state index contributed by atoms with van der Waals surface area (Å²) in [7, 11) is 1.69. The van der Waals surface area contributed by atoms with Crippen molar-refractivity contribution >= 4 is 16.8 Å². The highest BCUT2D eigenvalue weighted by Gasteiger charge is 2.24. The van der Waals surface area contributed by atoms with Crippen LogP contribution < -0.4 is 10.1 Å². The van der Waals surface area contributed by atoms with E-state index in [1.807, 2.05) is 18.2 Å². The van der Waals surface area contributed by atoms with E-state index in [1.165, 1.54) is 10.9 Å². The number of carbonyl (C=O) groups excluding carboxylic acids is 1. The number of methoxy groups -OCH3 is 1. The Labute approximate surface area is 196 Å². The van der Waals surface area contributed by atoms with Crippen molar-refractivity contribution in [3.63, 3.8) is 0 Å². The van der Waals surface area contributed by atoms with Crippen LogP contribution in [-0.4, -0.2) is 62.3 Å². The average molecular weight is 450 g/mol. The van der Waals surface area contributed by atoms with Gasteiger partial charge in [-0.25, -0.2) is 0 Å². The number of nitrogens with zero attached hydrogens (tertiary/aromatic N) is 1. The average Bonchev–Trinajstić information content (AvgIpc) is 3.30. The summed E-state index contributed by atoms with van der Waals surface area (Å²) in [6.45, 7) is 7.39. The molecule has 1 amide bonds. The van der Waals surface area contributed by atoms with Crippen molar-refractivity contribution in [1.29, 1.82) is 0 Å². The van der Waals surface area contributed by atoms with Gasteiger partial charge in [0.2, 0.25) is 5.91 Å². The highest BCUT2D eigenvalue weighted by molar-refractivity contribution is 5.88. The van der Waals surface area contributed by atoms with Gasteiger partial charge in [0.1, 0.15) is 5.75 Å². The number of benzene rings is 2. The van der Waals surface area contributed by atoms with Crippen LogP contribution in [0.1, 0.15) is 42.4 Å². The van der Waals surface area contributed by atoms with Gasteiger partial charge in [-0.05, 0) is 36.6 Å². The number of morpholine rings is 1. The predicted octanol–water partition coefficient (Wildman–Crippen LogP) is 4.10. The molecular formula is C27H35N3O3. The first-order chi connectivity index (χ1) is 16.2. The van der Waals surface area contributed by atoms with Crippen LogP contribution in [-0.2, 0) is 16.0 Å². The lowest BCUT2D eigenvalue weighted by Gasteiger charge is -2.26. The quantitative estimate of drug-likeness (QED) is 0.458. The van der Waals surface area contributed by atoms with Crippen LogP contribution in [0.3, 0.4) is 0 Å². The first-order valence-corrected chi connectivity index (χ1v) is 12.0. The van der Waals surface area contributed by atoms with Crippen molar-refractivity contribution in [3.8, 4) is 5.75 Å². The molecule has 0 aliphatic carbocycles. The number of aryl methyl sites for hydroxylation is 1. The van der Waals surface area contributed by atoms with Gasteiger partial charge in [0.05, 0.1) is 20.3 Å². The third-order valence-corrected chi connectivity index (χ3v) is 6.57. The molecule has 0 unspecified atom stereocenters. The van der Waals surface area contributed by atoms with Crippen molar-refractivity contribution in [1.82, 2.24) is 15.2 Å². The Morgan fingerprint density at radius 2 is 1.97 bits per heavy atom. The molecular weight excluding hydrogens is 414 g/mol. The summed E-state index contributed by atoms with van der Waals surface area (Å²) in [4.78, 5) is 18.9. The molecule has 33 heavy (non-hydrogen) atoms. The van der Waals surface area contributed by atoms with Gasteiger partial charge >= 0.3 is 0 Å². The molecule has 6 nitrogen and oxygen atoms in total. The molecule has 1 fully saturated rings. The van der Waals surface area contributed by atoms with E-state index in [0.717, 1.165) is 68.1 Å². The van der Waals surface area contributed by atoms with Crippen LogP contribution in [0.25, 0.3) is 10.9 Å². The summed E-state index contributed by atoms with van der Waals surface area (Å²) >= 11 is 0. The molecule has 1 aromatic heterocycles. The zero-order valence-corrected chi connectivity index (χ0v) is 19.7. The maximum absolute atomic E-state index is 13.0. The van der Waals surface area contributed by atoms with Crippen LogP contribution in [0.4, 0.5) is 0 Å². The SMILES string of the molecule is CCc1cccc2c([C@@H](CC(=O)NCCCN3CCOCC3)c3ccccc3OC)c[nH]c12. The fourth-order valence-electron chi connectivity index (χ4n) is 4.78. The summed E-state index contributed by atoms with van der Waals surface area (Å²) in [5.74, 6) is 0.777. The highest BCUT2D eigenvalue weighted by atomic mass is 16.5. The minimum Gasteiger partial charge on any atom is -0.496 e. The molecule has 2 aromatic carbocycles. The lowest BCUT2D eigenvalue weighted by molar-refractivity contribution is -0.121. The van der Waals surface area contributed by atoms with Crippen LogP contribution in [0, 0.1) is 0 Å². The summed E-state index contributed by atoms with van der Waals surface area (Å²) in [5, 5.41) is 4.32.